The maximum absolute atomic E-state index is 13.5. The minimum atomic E-state index is -0.799. The molecular formula is C27H39N5O3. The number of likely N-dealkylation sites (N-methyl/N-ethyl adjacent to an activating group) is 1. The van der Waals surface area contributed by atoms with E-state index in [0.717, 1.165) is 17.0 Å². The van der Waals surface area contributed by atoms with E-state index in [1.807, 2.05) is 78.6 Å². The summed E-state index contributed by atoms with van der Waals surface area (Å²) in [5, 5.41) is 12.5. The molecule has 8 nitrogen and oxygen atoms in total. The first-order valence-electron chi connectivity index (χ1n) is 12.0. The third-order valence-corrected chi connectivity index (χ3v) is 6.18. The fourth-order valence-electron chi connectivity index (χ4n) is 4.20. The van der Waals surface area contributed by atoms with Gasteiger partial charge in [-0.1, -0.05) is 25.1 Å². The topological polar surface area (TPSA) is 98.0 Å². The lowest BCUT2D eigenvalue weighted by atomic mass is 9.88. The van der Waals surface area contributed by atoms with Crippen LogP contribution >= 0.6 is 0 Å². The number of hydrogen-bond acceptors (Lipinski definition) is 6. The van der Waals surface area contributed by atoms with Crippen LogP contribution < -0.4 is 5.32 Å². The number of benzene rings is 1. The lowest BCUT2D eigenvalue weighted by Crippen LogP contribution is -2.44. The van der Waals surface area contributed by atoms with E-state index in [-0.39, 0.29) is 18.5 Å². The second-order valence-corrected chi connectivity index (χ2v) is 10.4. The summed E-state index contributed by atoms with van der Waals surface area (Å²) in [6.45, 7) is 14.0. The molecule has 2 rings (SSSR count). The third-order valence-electron chi connectivity index (χ3n) is 6.18. The fraction of sp³-hybridized carbons (Fsp3) is 0.556. The Labute approximate surface area is 209 Å². The van der Waals surface area contributed by atoms with Crippen LogP contribution in [0.2, 0.25) is 0 Å². The van der Waals surface area contributed by atoms with Crippen LogP contribution in [0.1, 0.15) is 66.0 Å². The Hall–Kier alpha value is -3.34. The summed E-state index contributed by atoms with van der Waals surface area (Å²) in [6, 6.07) is 9.38. The molecule has 1 fully saturated rings. The highest BCUT2D eigenvalue weighted by atomic mass is 16.6. The average molecular weight is 482 g/mol. The van der Waals surface area contributed by atoms with Crippen molar-refractivity contribution in [2.75, 3.05) is 20.6 Å². The van der Waals surface area contributed by atoms with Crippen molar-refractivity contribution in [1.29, 1.82) is 5.26 Å². The van der Waals surface area contributed by atoms with Crippen molar-refractivity contribution in [1.82, 2.24) is 15.1 Å². The number of hydrogen-bond donors (Lipinski definition) is 1. The molecule has 1 N–H and O–H groups in total. The van der Waals surface area contributed by atoms with Gasteiger partial charge in [0.1, 0.15) is 5.60 Å². The molecule has 1 aliphatic heterocycles. The Morgan fingerprint density at radius 3 is 2.49 bits per heavy atom. The van der Waals surface area contributed by atoms with Gasteiger partial charge in [-0.2, -0.15) is 5.26 Å². The van der Waals surface area contributed by atoms with E-state index in [1.165, 1.54) is 0 Å². The molecule has 0 saturated carbocycles. The lowest BCUT2D eigenvalue weighted by molar-refractivity contribution is -0.133. The molecule has 1 aliphatic rings. The molecule has 0 radical (unpaired) electrons. The van der Waals surface area contributed by atoms with E-state index in [1.54, 1.807) is 18.0 Å². The molecule has 0 aromatic heterocycles. The Balaban J connectivity index is 2.41. The molecular weight excluding hydrogens is 442 g/mol. The number of nitrogens with zero attached hydrogens (tertiary/aromatic N) is 4. The zero-order valence-corrected chi connectivity index (χ0v) is 22.5. The van der Waals surface area contributed by atoms with Crippen LogP contribution in [0.15, 0.2) is 40.7 Å². The smallest absolute Gasteiger partial charge is 0.407 e. The zero-order valence-electron chi connectivity index (χ0n) is 22.5. The summed E-state index contributed by atoms with van der Waals surface area (Å²) >= 11 is 0. The van der Waals surface area contributed by atoms with Gasteiger partial charge < -0.3 is 19.9 Å². The first kappa shape index (κ1) is 27.9. The maximum atomic E-state index is 13.5. The van der Waals surface area contributed by atoms with Crippen LogP contribution in [0.25, 0.3) is 0 Å². The zero-order chi connectivity index (χ0) is 26.6. The minimum absolute atomic E-state index is 0.0625. The summed E-state index contributed by atoms with van der Waals surface area (Å²) in [6.07, 6.45) is 0.260. The molecule has 0 bridgehead atoms. The summed E-state index contributed by atoms with van der Waals surface area (Å²) in [4.78, 5) is 34.1. The molecule has 1 saturated heterocycles. The number of nitrogens with one attached hydrogen (secondary N) is 1. The number of carbonyl (C=O) groups is 2. The fourth-order valence-corrected chi connectivity index (χ4v) is 4.20. The summed E-state index contributed by atoms with van der Waals surface area (Å²) < 4.78 is 5.41. The summed E-state index contributed by atoms with van der Waals surface area (Å²) in [5.74, 6) is -0.0625. The van der Waals surface area contributed by atoms with Crippen molar-refractivity contribution in [3.05, 3.63) is 46.8 Å². The first-order valence-corrected chi connectivity index (χ1v) is 12.0. The molecule has 1 aromatic rings. The predicted octanol–water partition coefficient (Wildman–Crippen LogP) is 4.46. The van der Waals surface area contributed by atoms with Crippen molar-refractivity contribution in [2.45, 2.75) is 73.1 Å². The predicted molar refractivity (Wildman–Crippen MR) is 138 cm³/mol. The number of carbonyl (C=O) groups excluding carboxylic acids is 2. The number of nitriles is 1. The van der Waals surface area contributed by atoms with Crippen LogP contribution in [0.3, 0.4) is 0 Å². The van der Waals surface area contributed by atoms with Gasteiger partial charge in [-0.25, -0.2) is 4.79 Å². The van der Waals surface area contributed by atoms with Gasteiger partial charge in [0.05, 0.1) is 35.0 Å². The number of ether oxygens (including phenoxy) is 1. The number of aliphatic imine (C=N–C) groups is 1. The standard InChI is InChI=1S/C27H39N5O3/c1-10-21(30-25(34)35-26(3,4)5)17-31(9)18(2)22-23(29-8)27(6,7)24(33)32(22)16-20-14-12-11-13-19(20)15-28/h11-14,21H,10,16-17H2,1-9H3,(H,30,34)/t21-/m1/s1. The molecule has 35 heavy (non-hydrogen) atoms. The largest absolute Gasteiger partial charge is 0.444 e. The van der Waals surface area contributed by atoms with Crippen LogP contribution in [-0.4, -0.2) is 59.8 Å². The van der Waals surface area contributed by atoms with Gasteiger partial charge in [0, 0.05) is 32.4 Å². The molecule has 8 heteroatoms. The monoisotopic (exact) mass is 481 g/mol. The van der Waals surface area contributed by atoms with Gasteiger partial charge in [0.2, 0.25) is 5.91 Å². The van der Waals surface area contributed by atoms with E-state index in [9.17, 15) is 14.9 Å². The van der Waals surface area contributed by atoms with Gasteiger partial charge in [-0.3, -0.25) is 9.79 Å². The SMILES string of the molecule is CC[C@H](CN(C)C(C)=C1C(=NC)C(C)(C)C(=O)N1Cc1ccccc1C#N)NC(=O)OC(C)(C)C. The second-order valence-electron chi connectivity index (χ2n) is 10.4. The Kier molecular flexibility index (Phi) is 8.72. The lowest BCUT2D eigenvalue weighted by Gasteiger charge is -2.30. The second kappa shape index (κ2) is 10.9. The van der Waals surface area contributed by atoms with Crippen molar-refractivity contribution in [3.8, 4) is 6.07 Å². The Bertz CT molecular complexity index is 1060. The number of alkyl carbamates (subject to hydrolysis) is 1. The van der Waals surface area contributed by atoms with Crippen molar-refractivity contribution < 1.29 is 14.3 Å². The quantitative estimate of drug-likeness (QED) is 0.620. The van der Waals surface area contributed by atoms with E-state index in [2.05, 4.69) is 16.4 Å². The third kappa shape index (κ3) is 6.41. The number of likely N-dealkylation sites (tertiary alicyclic amines) is 1. The number of allylic oxidation sites excluding steroid dienone is 2. The average Bonchev–Trinajstić information content (AvgIpc) is 2.96. The van der Waals surface area contributed by atoms with Crippen LogP contribution in [0.5, 0.6) is 0 Å². The van der Waals surface area contributed by atoms with Crippen molar-refractivity contribution in [3.63, 3.8) is 0 Å². The molecule has 0 spiro atoms. The highest BCUT2D eigenvalue weighted by molar-refractivity contribution is 6.23. The number of amides is 2. The summed E-state index contributed by atoms with van der Waals surface area (Å²) in [5.41, 5.74) is 2.25. The molecule has 1 heterocycles. The van der Waals surface area contributed by atoms with Gasteiger partial charge >= 0.3 is 6.09 Å². The highest BCUT2D eigenvalue weighted by Gasteiger charge is 2.49. The number of rotatable bonds is 7. The van der Waals surface area contributed by atoms with Crippen LogP contribution in [-0.2, 0) is 16.1 Å². The van der Waals surface area contributed by atoms with E-state index in [4.69, 9.17) is 4.74 Å². The first-order chi connectivity index (χ1) is 16.3. The van der Waals surface area contributed by atoms with Crippen molar-refractivity contribution in [2.24, 2.45) is 10.4 Å². The minimum Gasteiger partial charge on any atom is -0.444 e. The van der Waals surface area contributed by atoms with Crippen molar-refractivity contribution >= 4 is 17.7 Å². The Morgan fingerprint density at radius 1 is 1.31 bits per heavy atom. The molecule has 190 valence electrons. The van der Waals surface area contributed by atoms with Gasteiger partial charge in [0.15, 0.2) is 0 Å². The summed E-state index contributed by atoms with van der Waals surface area (Å²) in [7, 11) is 3.63. The van der Waals surface area contributed by atoms with Crippen LogP contribution in [0.4, 0.5) is 4.79 Å². The van der Waals surface area contributed by atoms with E-state index < -0.39 is 17.1 Å². The Morgan fingerprint density at radius 2 is 1.94 bits per heavy atom. The highest BCUT2D eigenvalue weighted by Crippen LogP contribution is 2.39. The maximum Gasteiger partial charge on any atom is 0.407 e. The molecule has 0 unspecified atom stereocenters. The van der Waals surface area contributed by atoms with E-state index >= 15 is 0 Å². The normalized spacial score (nSPS) is 18.8. The van der Waals surface area contributed by atoms with Gasteiger partial charge in [0.25, 0.3) is 0 Å². The van der Waals surface area contributed by atoms with E-state index in [0.29, 0.717) is 24.2 Å². The van der Waals surface area contributed by atoms with Crippen LogP contribution in [0, 0.1) is 16.7 Å². The molecule has 2 amide bonds. The molecule has 1 aromatic carbocycles. The van der Waals surface area contributed by atoms with Gasteiger partial charge in [-0.15, -0.1) is 0 Å². The molecule has 0 aliphatic carbocycles. The van der Waals surface area contributed by atoms with Gasteiger partial charge in [-0.05, 0) is 59.6 Å². The molecule has 1 atom stereocenters.